The van der Waals surface area contributed by atoms with Crippen LogP contribution in [-0.2, 0) is 12.1 Å². The van der Waals surface area contributed by atoms with Gasteiger partial charge in [-0.05, 0) is 35.4 Å². The lowest BCUT2D eigenvalue weighted by atomic mass is 9.82. The van der Waals surface area contributed by atoms with E-state index in [4.69, 9.17) is 16.3 Å². The van der Waals surface area contributed by atoms with E-state index in [-0.39, 0.29) is 11.6 Å². The Balaban J connectivity index is 1.48. The Hall–Kier alpha value is -2.99. The molecule has 1 fully saturated rings. The van der Waals surface area contributed by atoms with Gasteiger partial charge in [0.15, 0.2) is 17.1 Å². The molecule has 1 aliphatic heterocycles. The molecule has 0 spiro atoms. The molecule has 3 aromatic carbocycles. The maximum absolute atomic E-state index is 13.9. The number of fused-ring (bicyclic) bond motifs is 1. The molecule has 0 atom stereocenters. The zero-order valence-corrected chi connectivity index (χ0v) is 19.2. The lowest BCUT2D eigenvalue weighted by Gasteiger charge is -2.44. The molecule has 0 saturated carbocycles. The van der Waals surface area contributed by atoms with Gasteiger partial charge in [0.25, 0.3) is 0 Å². The molecule has 2 aliphatic rings. The SMILES string of the molecule is COc1cccc(C2(N3CCN(Cc4cccc(Cl)c4)CC3)C(=O)c3ccccc3C2=O)c1. The first-order chi connectivity index (χ1) is 16.0. The average Bonchev–Trinajstić information content (AvgIpc) is 3.07. The van der Waals surface area contributed by atoms with Gasteiger partial charge in [0.2, 0.25) is 0 Å². The largest absolute Gasteiger partial charge is 0.497 e. The standard InChI is InChI=1S/C27H25ClN2O3/c1-33-22-9-5-7-20(17-22)27(25(31)23-10-2-3-11-24(23)26(27)32)30-14-12-29(13-15-30)18-19-6-4-8-21(28)16-19/h2-11,16-17H,12-15,18H2,1H3. The van der Waals surface area contributed by atoms with Crippen LogP contribution in [0.5, 0.6) is 5.75 Å². The second-order valence-corrected chi connectivity index (χ2v) is 8.98. The van der Waals surface area contributed by atoms with E-state index in [0.717, 1.165) is 30.2 Å². The fourth-order valence-corrected chi connectivity index (χ4v) is 5.30. The molecule has 0 aromatic heterocycles. The maximum Gasteiger partial charge on any atom is 0.196 e. The highest BCUT2D eigenvalue weighted by molar-refractivity contribution is 6.33. The molecule has 0 unspecified atom stereocenters. The number of benzene rings is 3. The number of Topliss-reactive ketones (excluding diaryl/α,β-unsaturated/α-hetero) is 2. The van der Waals surface area contributed by atoms with Crippen molar-refractivity contribution in [2.24, 2.45) is 0 Å². The molecule has 0 N–H and O–H groups in total. The van der Waals surface area contributed by atoms with E-state index in [1.807, 2.05) is 54.6 Å². The summed E-state index contributed by atoms with van der Waals surface area (Å²) in [4.78, 5) is 32.2. The molecule has 0 radical (unpaired) electrons. The normalized spacial score (nSPS) is 18.4. The van der Waals surface area contributed by atoms with Crippen LogP contribution in [0.3, 0.4) is 0 Å². The second-order valence-electron chi connectivity index (χ2n) is 8.54. The molecule has 168 valence electrons. The number of methoxy groups -OCH3 is 1. The molecule has 1 saturated heterocycles. The van der Waals surface area contributed by atoms with Gasteiger partial charge < -0.3 is 4.74 Å². The Kier molecular flexibility index (Phi) is 5.79. The number of nitrogens with zero attached hydrogens (tertiary/aromatic N) is 2. The quantitative estimate of drug-likeness (QED) is 0.527. The number of hydrogen-bond donors (Lipinski definition) is 0. The van der Waals surface area contributed by atoms with Crippen LogP contribution in [0, 0.1) is 0 Å². The molecular weight excluding hydrogens is 436 g/mol. The number of rotatable bonds is 5. The average molecular weight is 461 g/mol. The van der Waals surface area contributed by atoms with Crippen molar-refractivity contribution in [1.82, 2.24) is 9.80 Å². The summed E-state index contributed by atoms with van der Waals surface area (Å²) in [6.45, 7) is 3.47. The Morgan fingerprint density at radius 1 is 0.848 bits per heavy atom. The predicted octanol–water partition coefficient (Wildman–Crippen LogP) is 4.44. The highest BCUT2D eigenvalue weighted by atomic mass is 35.5. The summed E-state index contributed by atoms with van der Waals surface area (Å²) >= 11 is 6.15. The molecule has 33 heavy (non-hydrogen) atoms. The number of hydrogen-bond acceptors (Lipinski definition) is 5. The zero-order valence-electron chi connectivity index (χ0n) is 18.5. The first-order valence-electron chi connectivity index (χ1n) is 11.1. The topological polar surface area (TPSA) is 49.9 Å². The van der Waals surface area contributed by atoms with E-state index in [2.05, 4.69) is 15.9 Å². The van der Waals surface area contributed by atoms with Crippen LogP contribution < -0.4 is 4.74 Å². The van der Waals surface area contributed by atoms with Crippen LogP contribution >= 0.6 is 11.6 Å². The lowest BCUT2D eigenvalue weighted by molar-refractivity contribution is 0.0279. The summed E-state index contributed by atoms with van der Waals surface area (Å²) in [5.74, 6) is 0.322. The first-order valence-corrected chi connectivity index (χ1v) is 11.5. The second kappa shape index (κ2) is 8.75. The number of ketones is 2. The van der Waals surface area contributed by atoms with E-state index in [1.165, 1.54) is 0 Å². The van der Waals surface area contributed by atoms with Crippen molar-refractivity contribution in [3.05, 3.63) is 100 Å². The van der Waals surface area contributed by atoms with Gasteiger partial charge in [-0.15, -0.1) is 0 Å². The van der Waals surface area contributed by atoms with Gasteiger partial charge in [0, 0.05) is 48.9 Å². The minimum absolute atomic E-state index is 0.153. The number of carbonyl (C=O) groups excluding carboxylic acids is 2. The predicted molar refractivity (Wildman–Crippen MR) is 128 cm³/mol. The van der Waals surface area contributed by atoms with E-state index >= 15 is 0 Å². The summed E-state index contributed by atoms with van der Waals surface area (Å²) in [5.41, 5.74) is 1.44. The maximum atomic E-state index is 13.9. The minimum Gasteiger partial charge on any atom is -0.497 e. The van der Waals surface area contributed by atoms with Gasteiger partial charge in [-0.25, -0.2) is 0 Å². The Labute approximate surface area is 198 Å². The van der Waals surface area contributed by atoms with Crippen LogP contribution in [0.15, 0.2) is 72.8 Å². The molecule has 1 heterocycles. The summed E-state index contributed by atoms with van der Waals surface area (Å²) in [7, 11) is 1.59. The van der Waals surface area contributed by atoms with Gasteiger partial charge >= 0.3 is 0 Å². The van der Waals surface area contributed by atoms with Crippen molar-refractivity contribution in [2.75, 3.05) is 33.3 Å². The molecular formula is C27H25ClN2O3. The van der Waals surface area contributed by atoms with Crippen molar-refractivity contribution >= 4 is 23.2 Å². The van der Waals surface area contributed by atoms with Crippen LogP contribution in [0.1, 0.15) is 31.8 Å². The zero-order chi connectivity index (χ0) is 23.0. The van der Waals surface area contributed by atoms with Crippen molar-refractivity contribution < 1.29 is 14.3 Å². The summed E-state index contributed by atoms with van der Waals surface area (Å²) in [6.07, 6.45) is 0. The Morgan fingerprint density at radius 3 is 2.15 bits per heavy atom. The number of ether oxygens (including phenoxy) is 1. The monoisotopic (exact) mass is 460 g/mol. The van der Waals surface area contributed by atoms with Crippen molar-refractivity contribution in [3.8, 4) is 5.75 Å². The van der Waals surface area contributed by atoms with Crippen molar-refractivity contribution in [1.29, 1.82) is 0 Å². The fraction of sp³-hybridized carbons (Fsp3) is 0.259. The van der Waals surface area contributed by atoms with E-state index in [1.54, 1.807) is 19.2 Å². The molecule has 3 aromatic rings. The van der Waals surface area contributed by atoms with Gasteiger partial charge in [-0.2, -0.15) is 0 Å². The van der Waals surface area contributed by atoms with Gasteiger partial charge in [0.05, 0.1) is 7.11 Å². The lowest BCUT2D eigenvalue weighted by Crippen LogP contribution is -2.60. The minimum atomic E-state index is -1.36. The smallest absolute Gasteiger partial charge is 0.196 e. The highest BCUT2D eigenvalue weighted by Crippen LogP contribution is 2.43. The van der Waals surface area contributed by atoms with Crippen LogP contribution in [0.25, 0.3) is 0 Å². The van der Waals surface area contributed by atoms with E-state index in [9.17, 15) is 9.59 Å². The highest BCUT2D eigenvalue weighted by Gasteiger charge is 2.58. The van der Waals surface area contributed by atoms with Gasteiger partial charge in [0.1, 0.15) is 5.75 Å². The molecule has 1 aliphatic carbocycles. The van der Waals surface area contributed by atoms with Crippen LogP contribution in [-0.4, -0.2) is 54.7 Å². The molecule has 5 nitrogen and oxygen atoms in total. The molecule has 0 amide bonds. The third kappa shape index (κ3) is 3.66. The summed E-state index contributed by atoms with van der Waals surface area (Å²) < 4.78 is 5.43. The number of halogens is 1. The number of piperazine rings is 1. The van der Waals surface area contributed by atoms with Gasteiger partial charge in [-0.3, -0.25) is 19.4 Å². The van der Waals surface area contributed by atoms with E-state index in [0.29, 0.717) is 35.5 Å². The molecule has 6 heteroatoms. The number of carbonyl (C=O) groups is 2. The van der Waals surface area contributed by atoms with E-state index < -0.39 is 5.54 Å². The summed E-state index contributed by atoms with van der Waals surface area (Å²) in [6, 6.07) is 22.4. The van der Waals surface area contributed by atoms with Crippen molar-refractivity contribution in [3.63, 3.8) is 0 Å². The molecule has 5 rings (SSSR count). The fourth-order valence-electron chi connectivity index (χ4n) is 5.09. The summed E-state index contributed by atoms with van der Waals surface area (Å²) in [5, 5.41) is 0.725. The van der Waals surface area contributed by atoms with Crippen molar-refractivity contribution in [2.45, 2.75) is 12.1 Å². The van der Waals surface area contributed by atoms with Crippen LogP contribution in [0.4, 0.5) is 0 Å². The molecule has 0 bridgehead atoms. The first kappa shape index (κ1) is 21.8. The third-order valence-corrected chi connectivity index (χ3v) is 6.94. The van der Waals surface area contributed by atoms with Crippen LogP contribution in [0.2, 0.25) is 5.02 Å². The Bertz CT molecular complexity index is 1180. The Morgan fingerprint density at radius 2 is 1.52 bits per heavy atom. The third-order valence-electron chi connectivity index (χ3n) is 6.70. The van der Waals surface area contributed by atoms with Gasteiger partial charge in [-0.1, -0.05) is 60.1 Å².